The Labute approximate surface area is 85.9 Å². The Morgan fingerprint density at radius 2 is 1.93 bits per heavy atom. The van der Waals surface area contributed by atoms with Crippen molar-refractivity contribution in [1.29, 1.82) is 0 Å². The molecule has 15 heavy (non-hydrogen) atoms. The van der Waals surface area contributed by atoms with Crippen molar-refractivity contribution in [2.75, 3.05) is 33.0 Å². The van der Waals surface area contributed by atoms with Gasteiger partial charge in [-0.2, -0.15) is 13.2 Å². The van der Waals surface area contributed by atoms with Crippen LogP contribution < -0.4 is 0 Å². The minimum atomic E-state index is -4.35. The molecule has 1 atom stereocenters. The quantitative estimate of drug-likeness (QED) is 0.633. The Morgan fingerprint density at radius 3 is 2.40 bits per heavy atom. The number of ether oxygens (including phenoxy) is 3. The highest BCUT2D eigenvalue weighted by molar-refractivity contribution is 4.48. The molecule has 1 N–H and O–H groups in total. The highest BCUT2D eigenvalue weighted by Gasteiger charge is 2.28. The lowest BCUT2D eigenvalue weighted by molar-refractivity contribution is -0.212. The first kappa shape index (κ1) is 14.6. The highest BCUT2D eigenvalue weighted by atomic mass is 19.4. The van der Waals surface area contributed by atoms with Crippen molar-refractivity contribution in [2.24, 2.45) is 0 Å². The van der Waals surface area contributed by atoms with Gasteiger partial charge >= 0.3 is 6.18 Å². The average molecular weight is 232 g/mol. The maximum Gasteiger partial charge on any atom is 0.411 e. The molecule has 0 saturated heterocycles. The largest absolute Gasteiger partial charge is 0.411 e. The van der Waals surface area contributed by atoms with Crippen LogP contribution in [-0.4, -0.2) is 50.6 Å². The van der Waals surface area contributed by atoms with E-state index in [-0.39, 0.29) is 19.8 Å². The molecule has 7 heteroatoms. The van der Waals surface area contributed by atoms with Crippen molar-refractivity contribution >= 4 is 0 Å². The summed E-state index contributed by atoms with van der Waals surface area (Å²) >= 11 is 0. The van der Waals surface area contributed by atoms with Gasteiger partial charge in [-0.3, -0.25) is 0 Å². The lowest BCUT2D eigenvalue weighted by Gasteiger charge is -2.17. The summed E-state index contributed by atoms with van der Waals surface area (Å²) in [6.45, 7) is 0.111. The lowest BCUT2D eigenvalue weighted by Crippen LogP contribution is -2.28. The van der Waals surface area contributed by atoms with Crippen LogP contribution in [0.15, 0.2) is 0 Å². The van der Waals surface area contributed by atoms with Gasteiger partial charge < -0.3 is 19.3 Å². The summed E-state index contributed by atoms with van der Waals surface area (Å²) < 4.78 is 49.3. The molecule has 0 aromatic carbocycles. The van der Waals surface area contributed by atoms with Gasteiger partial charge in [-0.25, -0.2) is 0 Å². The summed E-state index contributed by atoms with van der Waals surface area (Å²) in [7, 11) is 0. The Kier molecular flexibility index (Phi) is 7.67. The van der Waals surface area contributed by atoms with Gasteiger partial charge in [-0.15, -0.1) is 0 Å². The molecule has 0 spiro atoms. The van der Waals surface area contributed by atoms with Crippen LogP contribution >= 0.6 is 0 Å². The smallest absolute Gasteiger partial charge is 0.394 e. The summed E-state index contributed by atoms with van der Waals surface area (Å²) in [5, 5.41) is 8.44. The van der Waals surface area contributed by atoms with Crippen molar-refractivity contribution in [3.05, 3.63) is 0 Å². The van der Waals surface area contributed by atoms with E-state index in [1.165, 1.54) is 0 Å². The zero-order chi connectivity index (χ0) is 11.7. The molecule has 0 aromatic rings. The third-order valence-electron chi connectivity index (χ3n) is 1.27. The molecule has 0 saturated carbocycles. The van der Waals surface area contributed by atoms with Gasteiger partial charge in [0, 0.05) is 6.61 Å². The van der Waals surface area contributed by atoms with Gasteiger partial charge in [0.15, 0.2) is 6.29 Å². The number of hydrogen-bond acceptors (Lipinski definition) is 4. The second-order valence-corrected chi connectivity index (χ2v) is 2.61. The third kappa shape index (κ3) is 9.92. The van der Waals surface area contributed by atoms with E-state index in [0.29, 0.717) is 6.61 Å². The van der Waals surface area contributed by atoms with Crippen LogP contribution in [-0.2, 0) is 14.2 Å². The standard InChI is InChI=1S/C8H15F3O4/c1-2-14-7(15-4-3-12)5-13-6-8(9,10)11/h7,12H,2-6H2,1H3. The molecule has 4 nitrogen and oxygen atoms in total. The zero-order valence-corrected chi connectivity index (χ0v) is 8.42. The van der Waals surface area contributed by atoms with Crippen molar-refractivity contribution < 1.29 is 32.5 Å². The average Bonchev–Trinajstić information content (AvgIpc) is 2.12. The fraction of sp³-hybridized carbons (Fsp3) is 1.00. The Balaban J connectivity index is 3.65. The van der Waals surface area contributed by atoms with Gasteiger partial charge in [0.2, 0.25) is 0 Å². The van der Waals surface area contributed by atoms with Gasteiger partial charge in [-0.1, -0.05) is 0 Å². The monoisotopic (exact) mass is 232 g/mol. The summed E-state index contributed by atoms with van der Waals surface area (Å²) in [5.74, 6) is 0. The van der Waals surface area contributed by atoms with Crippen LogP contribution in [0, 0.1) is 0 Å². The van der Waals surface area contributed by atoms with Crippen LogP contribution in [0.5, 0.6) is 0 Å². The molecule has 0 radical (unpaired) electrons. The fourth-order valence-corrected chi connectivity index (χ4v) is 0.785. The highest BCUT2D eigenvalue weighted by Crippen LogP contribution is 2.14. The second kappa shape index (κ2) is 7.86. The Morgan fingerprint density at radius 1 is 1.27 bits per heavy atom. The number of hydrogen-bond donors (Lipinski definition) is 1. The molecule has 0 fully saturated rings. The van der Waals surface area contributed by atoms with Crippen LogP contribution in [0.3, 0.4) is 0 Å². The van der Waals surface area contributed by atoms with Crippen LogP contribution in [0.25, 0.3) is 0 Å². The molecular weight excluding hydrogens is 217 g/mol. The first-order valence-corrected chi connectivity index (χ1v) is 4.48. The minimum absolute atomic E-state index is 0.0000442. The van der Waals surface area contributed by atoms with Crippen molar-refractivity contribution in [1.82, 2.24) is 0 Å². The van der Waals surface area contributed by atoms with E-state index >= 15 is 0 Å². The number of aliphatic hydroxyl groups excluding tert-OH is 1. The maximum atomic E-state index is 11.7. The van der Waals surface area contributed by atoms with E-state index in [0.717, 1.165) is 0 Å². The van der Waals surface area contributed by atoms with E-state index in [2.05, 4.69) is 4.74 Å². The van der Waals surface area contributed by atoms with Crippen LogP contribution in [0.4, 0.5) is 13.2 Å². The predicted octanol–water partition coefficient (Wildman–Crippen LogP) is 0.937. The lowest BCUT2D eigenvalue weighted by atomic mass is 10.6. The number of rotatable bonds is 8. The van der Waals surface area contributed by atoms with E-state index < -0.39 is 19.1 Å². The molecule has 0 bridgehead atoms. The SMILES string of the molecule is CCOC(COCC(F)(F)F)OCCO. The first-order chi connectivity index (χ1) is 6.99. The predicted molar refractivity (Wildman–Crippen MR) is 45.3 cm³/mol. The van der Waals surface area contributed by atoms with Crippen LogP contribution in [0.2, 0.25) is 0 Å². The van der Waals surface area contributed by atoms with E-state index in [1.807, 2.05) is 0 Å². The molecule has 0 heterocycles. The molecule has 0 rings (SSSR count). The van der Waals surface area contributed by atoms with Crippen LogP contribution in [0.1, 0.15) is 6.92 Å². The summed E-state index contributed by atoms with van der Waals surface area (Å²) in [4.78, 5) is 0. The molecular formula is C8H15F3O4. The Bertz CT molecular complexity index is 151. The van der Waals surface area contributed by atoms with E-state index in [9.17, 15) is 13.2 Å². The summed E-state index contributed by atoms with van der Waals surface area (Å²) in [6.07, 6.45) is -5.22. The molecule has 0 aliphatic carbocycles. The van der Waals surface area contributed by atoms with Crippen molar-refractivity contribution in [3.63, 3.8) is 0 Å². The molecule has 0 amide bonds. The van der Waals surface area contributed by atoms with Crippen molar-refractivity contribution in [3.8, 4) is 0 Å². The second-order valence-electron chi connectivity index (χ2n) is 2.61. The zero-order valence-electron chi connectivity index (χ0n) is 8.42. The van der Waals surface area contributed by atoms with Gasteiger partial charge in [0.1, 0.15) is 6.61 Å². The van der Waals surface area contributed by atoms with E-state index in [1.54, 1.807) is 6.92 Å². The summed E-state index contributed by atoms with van der Waals surface area (Å²) in [6, 6.07) is 0. The fourth-order valence-electron chi connectivity index (χ4n) is 0.785. The summed E-state index contributed by atoms with van der Waals surface area (Å²) in [5.41, 5.74) is 0. The van der Waals surface area contributed by atoms with Gasteiger partial charge in [0.25, 0.3) is 0 Å². The molecule has 0 aromatic heterocycles. The number of halogens is 3. The van der Waals surface area contributed by atoms with Gasteiger partial charge in [-0.05, 0) is 6.92 Å². The maximum absolute atomic E-state index is 11.7. The topological polar surface area (TPSA) is 47.9 Å². The number of alkyl halides is 3. The minimum Gasteiger partial charge on any atom is -0.394 e. The molecule has 0 aliphatic heterocycles. The van der Waals surface area contributed by atoms with Gasteiger partial charge in [0.05, 0.1) is 19.8 Å². The molecule has 92 valence electrons. The third-order valence-corrected chi connectivity index (χ3v) is 1.27. The normalized spacial score (nSPS) is 14.2. The number of aliphatic hydroxyl groups is 1. The first-order valence-electron chi connectivity index (χ1n) is 4.48. The van der Waals surface area contributed by atoms with E-state index in [4.69, 9.17) is 14.6 Å². The Hall–Kier alpha value is -0.370. The van der Waals surface area contributed by atoms with Crippen molar-refractivity contribution in [2.45, 2.75) is 19.4 Å². The molecule has 1 unspecified atom stereocenters. The molecule has 0 aliphatic rings.